The molecule has 0 radical (unpaired) electrons. The Labute approximate surface area is 71.8 Å². The number of ether oxygens (including phenoxy) is 3. The van der Waals surface area contributed by atoms with Crippen LogP contribution in [0.2, 0.25) is 0 Å². The van der Waals surface area contributed by atoms with Gasteiger partial charge in [-0.3, -0.25) is 4.79 Å². The van der Waals surface area contributed by atoms with Gasteiger partial charge in [0.15, 0.2) is 12.1 Å². The Morgan fingerprint density at radius 3 is 2.75 bits per heavy atom. The minimum Gasteiger partial charge on any atom is -0.370 e. The molecule has 1 saturated heterocycles. The fourth-order valence-corrected chi connectivity index (χ4v) is 1.16. The first-order valence-electron chi connectivity index (χ1n) is 3.85. The molecule has 0 bridgehead atoms. The molecule has 1 rings (SSSR count). The van der Waals surface area contributed by atoms with Gasteiger partial charge in [0, 0.05) is 20.6 Å². The first-order chi connectivity index (χ1) is 5.62. The van der Waals surface area contributed by atoms with E-state index in [1.807, 2.05) is 0 Å². The highest BCUT2D eigenvalue weighted by Gasteiger charge is 2.40. The topological polar surface area (TPSA) is 44.8 Å². The van der Waals surface area contributed by atoms with Crippen LogP contribution in [-0.4, -0.2) is 38.5 Å². The van der Waals surface area contributed by atoms with E-state index in [1.165, 1.54) is 7.11 Å². The van der Waals surface area contributed by atoms with Crippen molar-refractivity contribution in [1.82, 2.24) is 0 Å². The number of hydrogen-bond acceptors (Lipinski definition) is 4. The molecule has 1 aliphatic heterocycles. The lowest BCUT2D eigenvalue weighted by Gasteiger charge is -2.34. The summed E-state index contributed by atoms with van der Waals surface area (Å²) in [5.74, 6) is -0.0294. The van der Waals surface area contributed by atoms with Gasteiger partial charge in [-0.25, -0.2) is 0 Å². The van der Waals surface area contributed by atoms with Crippen LogP contribution >= 0.6 is 0 Å². The summed E-state index contributed by atoms with van der Waals surface area (Å²) in [6.45, 7) is 1.83. The maximum atomic E-state index is 11.3. The van der Waals surface area contributed by atoms with Gasteiger partial charge in [0.2, 0.25) is 0 Å². The smallest absolute Gasteiger partial charge is 0.190 e. The Morgan fingerprint density at radius 2 is 2.25 bits per heavy atom. The summed E-state index contributed by atoms with van der Waals surface area (Å²) in [5.41, 5.74) is -0.737. The van der Waals surface area contributed by atoms with Crippen LogP contribution in [0.15, 0.2) is 0 Å². The van der Waals surface area contributed by atoms with Gasteiger partial charge in [0.1, 0.15) is 12.2 Å². The molecule has 1 fully saturated rings. The number of Topliss-reactive ketones (excluding diaryl/α,β-unsaturated/α-hetero) is 1. The van der Waals surface area contributed by atoms with Gasteiger partial charge in [-0.1, -0.05) is 0 Å². The molecule has 0 amide bonds. The zero-order valence-electron chi connectivity index (χ0n) is 7.62. The van der Waals surface area contributed by atoms with Gasteiger partial charge in [-0.2, -0.15) is 0 Å². The van der Waals surface area contributed by atoms with E-state index in [4.69, 9.17) is 14.2 Å². The molecule has 12 heavy (non-hydrogen) atoms. The van der Waals surface area contributed by atoms with Crippen molar-refractivity contribution in [1.29, 1.82) is 0 Å². The highest BCUT2D eigenvalue weighted by Crippen LogP contribution is 2.24. The van der Waals surface area contributed by atoms with E-state index in [2.05, 4.69) is 0 Å². The molecular weight excluding hydrogens is 160 g/mol. The predicted molar refractivity (Wildman–Crippen MR) is 41.8 cm³/mol. The lowest BCUT2D eigenvalue weighted by Crippen LogP contribution is -2.48. The first-order valence-corrected chi connectivity index (χ1v) is 3.85. The number of rotatable bonds is 2. The Morgan fingerprint density at radius 1 is 1.58 bits per heavy atom. The average molecular weight is 174 g/mol. The average Bonchev–Trinajstić information content (AvgIpc) is 2.10. The van der Waals surface area contributed by atoms with Gasteiger partial charge >= 0.3 is 0 Å². The van der Waals surface area contributed by atoms with E-state index in [0.29, 0.717) is 6.42 Å². The van der Waals surface area contributed by atoms with Crippen molar-refractivity contribution in [2.75, 3.05) is 20.8 Å². The zero-order chi connectivity index (χ0) is 9.19. The van der Waals surface area contributed by atoms with E-state index in [0.717, 1.165) is 0 Å². The quantitative estimate of drug-likeness (QED) is 0.606. The standard InChI is InChI=1S/C8H14O4/c1-8(11-3)4-7(10-2)12-5-6(8)9/h7H,4-5H2,1-3H3/t7-,8-/m1/s1. The van der Waals surface area contributed by atoms with Crippen molar-refractivity contribution < 1.29 is 19.0 Å². The number of methoxy groups -OCH3 is 2. The molecule has 2 atom stereocenters. The van der Waals surface area contributed by atoms with Crippen LogP contribution in [-0.2, 0) is 19.0 Å². The Hall–Kier alpha value is -0.450. The summed E-state index contributed by atoms with van der Waals surface area (Å²) in [4.78, 5) is 11.3. The third-order valence-electron chi connectivity index (χ3n) is 2.26. The maximum Gasteiger partial charge on any atom is 0.190 e. The minimum atomic E-state index is -0.737. The molecule has 0 spiro atoms. The second kappa shape index (κ2) is 3.51. The van der Waals surface area contributed by atoms with Gasteiger partial charge in [-0.05, 0) is 6.92 Å². The Balaban J connectivity index is 2.65. The SMILES string of the molecule is CO[C@H]1C[C@@](C)(OC)C(=O)CO1. The van der Waals surface area contributed by atoms with Gasteiger partial charge in [-0.15, -0.1) is 0 Å². The molecule has 0 aromatic heterocycles. The summed E-state index contributed by atoms with van der Waals surface area (Å²) in [6, 6.07) is 0. The van der Waals surface area contributed by atoms with Crippen LogP contribution < -0.4 is 0 Å². The lowest BCUT2D eigenvalue weighted by molar-refractivity contribution is -0.201. The molecule has 0 saturated carbocycles. The minimum absolute atomic E-state index is 0.0294. The molecular formula is C8H14O4. The highest BCUT2D eigenvalue weighted by molar-refractivity contribution is 5.88. The molecule has 0 aromatic rings. The van der Waals surface area contributed by atoms with Gasteiger partial charge in [0.25, 0.3) is 0 Å². The van der Waals surface area contributed by atoms with Crippen molar-refractivity contribution in [3.63, 3.8) is 0 Å². The monoisotopic (exact) mass is 174 g/mol. The van der Waals surface area contributed by atoms with Crippen LogP contribution in [0.1, 0.15) is 13.3 Å². The molecule has 1 heterocycles. The summed E-state index contributed by atoms with van der Waals surface area (Å²) < 4.78 is 15.2. The largest absolute Gasteiger partial charge is 0.370 e. The van der Waals surface area contributed by atoms with Gasteiger partial charge in [0.05, 0.1) is 0 Å². The predicted octanol–water partition coefficient (Wildman–Crippen LogP) is 0.353. The highest BCUT2D eigenvalue weighted by atomic mass is 16.7. The normalized spacial score (nSPS) is 36.9. The summed E-state index contributed by atoms with van der Waals surface area (Å²) in [6.07, 6.45) is 0.131. The second-order valence-corrected chi connectivity index (χ2v) is 3.04. The number of ketones is 1. The van der Waals surface area contributed by atoms with E-state index in [1.54, 1.807) is 14.0 Å². The molecule has 0 N–H and O–H groups in total. The van der Waals surface area contributed by atoms with E-state index < -0.39 is 5.60 Å². The van der Waals surface area contributed by atoms with Crippen molar-refractivity contribution in [2.45, 2.75) is 25.2 Å². The van der Waals surface area contributed by atoms with Crippen molar-refractivity contribution in [2.24, 2.45) is 0 Å². The first kappa shape index (κ1) is 9.64. The molecule has 1 aliphatic rings. The second-order valence-electron chi connectivity index (χ2n) is 3.04. The molecule has 70 valence electrons. The van der Waals surface area contributed by atoms with E-state index >= 15 is 0 Å². The number of carbonyl (C=O) groups is 1. The van der Waals surface area contributed by atoms with Crippen LogP contribution in [0.5, 0.6) is 0 Å². The lowest BCUT2D eigenvalue weighted by atomic mass is 9.94. The van der Waals surface area contributed by atoms with Crippen LogP contribution in [0.25, 0.3) is 0 Å². The van der Waals surface area contributed by atoms with E-state index in [9.17, 15) is 4.79 Å². The van der Waals surface area contributed by atoms with Crippen molar-refractivity contribution in [3.05, 3.63) is 0 Å². The molecule has 4 nitrogen and oxygen atoms in total. The third kappa shape index (κ3) is 1.65. The molecule has 4 heteroatoms. The molecule has 0 aromatic carbocycles. The van der Waals surface area contributed by atoms with Gasteiger partial charge < -0.3 is 14.2 Å². The maximum absolute atomic E-state index is 11.3. The summed E-state index contributed by atoms with van der Waals surface area (Å²) >= 11 is 0. The summed E-state index contributed by atoms with van der Waals surface area (Å²) in [7, 11) is 3.08. The zero-order valence-corrected chi connectivity index (χ0v) is 7.62. The van der Waals surface area contributed by atoms with Crippen LogP contribution in [0.4, 0.5) is 0 Å². The van der Waals surface area contributed by atoms with Crippen LogP contribution in [0.3, 0.4) is 0 Å². The van der Waals surface area contributed by atoms with Crippen molar-refractivity contribution >= 4 is 5.78 Å². The fraction of sp³-hybridized carbons (Fsp3) is 0.875. The van der Waals surface area contributed by atoms with E-state index in [-0.39, 0.29) is 18.7 Å². The fourth-order valence-electron chi connectivity index (χ4n) is 1.16. The third-order valence-corrected chi connectivity index (χ3v) is 2.26. The molecule has 0 unspecified atom stereocenters. The van der Waals surface area contributed by atoms with Crippen LogP contribution in [0, 0.1) is 0 Å². The Kier molecular flexibility index (Phi) is 2.82. The Bertz CT molecular complexity index is 180. The molecule has 0 aliphatic carbocycles. The number of hydrogen-bond donors (Lipinski definition) is 0. The van der Waals surface area contributed by atoms with Crippen molar-refractivity contribution in [3.8, 4) is 0 Å². The number of carbonyl (C=O) groups excluding carboxylic acids is 1. The summed E-state index contributed by atoms with van der Waals surface area (Å²) in [5, 5.41) is 0.